The number of fused-ring (bicyclic) bond motifs is 1. The molecule has 0 aliphatic rings. The van der Waals surface area contributed by atoms with Crippen molar-refractivity contribution in [2.75, 3.05) is 12.3 Å². The zero-order valence-corrected chi connectivity index (χ0v) is 11.9. The van der Waals surface area contributed by atoms with Crippen LogP contribution >= 0.6 is 11.3 Å². The van der Waals surface area contributed by atoms with Crippen LogP contribution in [0.1, 0.15) is 6.92 Å². The van der Waals surface area contributed by atoms with Gasteiger partial charge >= 0.3 is 6.09 Å². The van der Waals surface area contributed by atoms with Crippen LogP contribution in [0, 0.1) is 0 Å². The van der Waals surface area contributed by atoms with E-state index in [1.807, 2.05) is 5.38 Å². The van der Waals surface area contributed by atoms with E-state index in [0.717, 1.165) is 0 Å². The molecule has 0 aliphatic heterocycles. The van der Waals surface area contributed by atoms with Gasteiger partial charge in [-0.2, -0.15) is 4.52 Å². The van der Waals surface area contributed by atoms with Crippen LogP contribution in [-0.2, 0) is 0 Å². The van der Waals surface area contributed by atoms with E-state index in [-0.39, 0.29) is 0 Å². The normalized spacial score (nSPS) is 10.7. The molecule has 0 saturated heterocycles. The molecule has 21 heavy (non-hydrogen) atoms. The van der Waals surface area contributed by atoms with Gasteiger partial charge in [-0.15, -0.1) is 16.4 Å². The Balaban J connectivity index is 1.97. The lowest BCUT2D eigenvalue weighted by molar-refractivity contribution is 0.201. The number of nitrogen functional groups attached to an aromatic ring is 1. The first kappa shape index (κ1) is 13.3. The molecule has 0 unspecified atom stereocenters. The molecule has 1 amide bonds. The van der Waals surface area contributed by atoms with Crippen LogP contribution in [0.2, 0.25) is 0 Å². The lowest BCUT2D eigenvalue weighted by atomic mass is 10.4. The molecule has 0 spiro atoms. The SMILES string of the molecule is CCNC(=O)Oc1cc(N)n2nc(-c3nccs3)nc2c1. The minimum Gasteiger partial charge on any atom is -0.410 e. The molecule has 0 saturated carbocycles. The number of carbonyl (C=O) groups is 1. The van der Waals surface area contributed by atoms with Crippen LogP contribution in [0.3, 0.4) is 0 Å². The van der Waals surface area contributed by atoms with E-state index < -0.39 is 6.09 Å². The van der Waals surface area contributed by atoms with Gasteiger partial charge in [0.15, 0.2) is 10.7 Å². The Kier molecular flexibility index (Phi) is 3.40. The first-order valence-electron chi connectivity index (χ1n) is 6.19. The molecule has 3 aromatic rings. The molecule has 3 heterocycles. The number of pyridine rings is 1. The molecule has 3 aromatic heterocycles. The van der Waals surface area contributed by atoms with Gasteiger partial charge in [-0.3, -0.25) is 0 Å². The molecule has 9 heteroatoms. The number of carbonyl (C=O) groups excluding carboxylic acids is 1. The fourth-order valence-corrected chi connectivity index (χ4v) is 2.32. The Bertz CT molecular complexity index is 783. The number of ether oxygens (including phenoxy) is 1. The summed E-state index contributed by atoms with van der Waals surface area (Å²) in [4.78, 5) is 19.9. The smallest absolute Gasteiger partial charge is 0.410 e. The van der Waals surface area contributed by atoms with E-state index in [1.54, 1.807) is 19.2 Å². The van der Waals surface area contributed by atoms with Crippen molar-refractivity contribution >= 4 is 28.9 Å². The van der Waals surface area contributed by atoms with Crippen molar-refractivity contribution in [1.29, 1.82) is 0 Å². The number of amides is 1. The summed E-state index contributed by atoms with van der Waals surface area (Å²) in [6, 6.07) is 3.11. The summed E-state index contributed by atoms with van der Waals surface area (Å²) in [7, 11) is 0. The Labute approximate surface area is 123 Å². The maximum Gasteiger partial charge on any atom is 0.412 e. The number of nitrogens with zero attached hydrogens (tertiary/aromatic N) is 4. The number of thiazole rings is 1. The molecular formula is C12H12N6O2S. The number of hydrogen-bond donors (Lipinski definition) is 2. The van der Waals surface area contributed by atoms with Crippen molar-refractivity contribution in [1.82, 2.24) is 24.9 Å². The molecule has 0 bridgehead atoms. The second-order valence-electron chi connectivity index (χ2n) is 4.08. The van der Waals surface area contributed by atoms with Gasteiger partial charge in [-0.05, 0) is 6.92 Å². The molecule has 8 nitrogen and oxygen atoms in total. The third-order valence-corrected chi connectivity index (χ3v) is 3.36. The van der Waals surface area contributed by atoms with Crippen LogP contribution in [0.15, 0.2) is 23.7 Å². The second-order valence-corrected chi connectivity index (χ2v) is 4.97. The average molecular weight is 304 g/mol. The summed E-state index contributed by atoms with van der Waals surface area (Å²) in [6.07, 6.45) is 1.14. The molecule has 0 fully saturated rings. The third kappa shape index (κ3) is 2.63. The van der Waals surface area contributed by atoms with Crippen LogP contribution < -0.4 is 15.8 Å². The molecular weight excluding hydrogens is 292 g/mol. The topological polar surface area (TPSA) is 107 Å². The molecule has 0 radical (unpaired) electrons. The summed E-state index contributed by atoms with van der Waals surface area (Å²) < 4.78 is 6.59. The zero-order valence-electron chi connectivity index (χ0n) is 11.1. The largest absolute Gasteiger partial charge is 0.412 e. The standard InChI is InChI=1S/C12H12N6O2S/c1-2-14-12(19)20-7-5-8(13)18-9(6-7)16-10(17-18)11-15-3-4-21-11/h3-6H,2,13H2,1H3,(H,14,19). The van der Waals surface area contributed by atoms with Crippen molar-refractivity contribution in [3.8, 4) is 16.6 Å². The van der Waals surface area contributed by atoms with E-state index >= 15 is 0 Å². The van der Waals surface area contributed by atoms with Gasteiger partial charge in [0.05, 0.1) is 0 Å². The lowest BCUT2D eigenvalue weighted by Gasteiger charge is -2.05. The van der Waals surface area contributed by atoms with Gasteiger partial charge in [-0.25, -0.2) is 14.8 Å². The highest BCUT2D eigenvalue weighted by Crippen LogP contribution is 2.23. The second kappa shape index (κ2) is 5.37. The maximum absolute atomic E-state index is 11.4. The van der Waals surface area contributed by atoms with Crippen molar-refractivity contribution in [2.45, 2.75) is 6.92 Å². The first-order chi connectivity index (χ1) is 10.2. The summed E-state index contributed by atoms with van der Waals surface area (Å²) >= 11 is 1.43. The van der Waals surface area contributed by atoms with Crippen LogP contribution in [0.5, 0.6) is 5.75 Å². The molecule has 3 N–H and O–H groups in total. The van der Waals surface area contributed by atoms with Crippen molar-refractivity contribution in [2.24, 2.45) is 0 Å². The maximum atomic E-state index is 11.4. The Morgan fingerprint density at radius 3 is 3.10 bits per heavy atom. The van der Waals surface area contributed by atoms with Crippen LogP contribution in [0.25, 0.3) is 16.5 Å². The fraction of sp³-hybridized carbons (Fsp3) is 0.167. The zero-order chi connectivity index (χ0) is 14.8. The highest BCUT2D eigenvalue weighted by molar-refractivity contribution is 7.13. The monoisotopic (exact) mass is 304 g/mol. The van der Waals surface area contributed by atoms with E-state index in [9.17, 15) is 4.79 Å². The number of aromatic nitrogens is 4. The summed E-state index contributed by atoms with van der Waals surface area (Å²) in [5, 5.41) is 9.36. The predicted octanol–water partition coefficient (Wildman–Crippen LogP) is 1.54. The number of anilines is 1. The molecule has 108 valence electrons. The highest BCUT2D eigenvalue weighted by atomic mass is 32.1. The Hall–Kier alpha value is -2.68. The fourth-order valence-electron chi connectivity index (χ4n) is 1.75. The van der Waals surface area contributed by atoms with Crippen LogP contribution in [-0.4, -0.2) is 32.2 Å². The van der Waals surface area contributed by atoms with Gasteiger partial charge in [0.1, 0.15) is 11.6 Å². The van der Waals surface area contributed by atoms with E-state index in [1.165, 1.54) is 21.9 Å². The van der Waals surface area contributed by atoms with Crippen molar-refractivity contribution < 1.29 is 9.53 Å². The van der Waals surface area contributed by atoms with Gasteiger partial charge in [-0.1, -0.05) is 0 Å². The third-order valence-electron chi connectivity index (χ3n) is 2.59. The van der Waals surface area contributed by atoms with Crippen molar-refractivity contribution in [3.05, 3.63) is 23.7 Å². The molecule has 3 rings (SSSR count). The number of hydrogen-bond acceptors (Lipinski definition) is 7. The molecule has 0 aliphatic carbocycles. The molecule has 0 aromatic carbocycles. The Morgan fingerprint density at radius 2 is 2.38 bits per heavy atom. The van der Waals surface area contributed by atoms with Gasteiger partial charge in [0, 0.05) is 30.3 Å². The first-order valence-corrected chi connectivity index (χ1v) is 7.07. The van der Waals surface area contributed by atoms with E-state index in [0.29, 0.717) is 34.6 Å². The number of rotatable bonds is 3. The quantitative estimate of drug-likeness (QED) is 0.760. The van der Waals surface area contributed by atoms with Crippen LogP contribution in [0.4, 0.5) is 10.6 Å². The highest BCUT2D eigenvalue weighted by Gasteiger charge is 2.13. The van der Waals surface area contributed by atoms with Gasteiger partial charge < -0.3 is 15.8 Å². The number of nitrogens with one attached hydrogen (secondary N) is 1. The van der Waals surface area contributed by atoms with Gasteiger partial charge in [0.25, 0.3) is 0 Å². The number of nitrogens with two attached hydrogens (primary N) is 1. The lowest BCUT2D eigenvalue weighted by Crippen LogP contribution is -2.26. The summed E-state index contributed by atoms with van der Waals surface area (Å²) in [6.45, 7) is 2.29. The summed E-state index contributed by atoms with van der Waals surface area (Å²) in [5.41, 5.74) is 6.39. The molecule has 0 atom stereocenters. The van der Waals surface area contributed by atoms with E-state index in [2.05, 4.69) is 20.4 Å². The van der Waals surface area contributed by atoms with Gasteiger partial charge in [0.2, 0.25) is 5.82 Å². The summed E-state index contributed by atoms with van der Waals surface area (Å²) in [5.74, 6) is 1.11. The minimum atomic E-state index is -0.541. The minimum absolute atomic E-state index is 0.309. The predicted molar refractivity (Wildman–Crippen MR) is 78.2 cm³/mol. The van der Waals surface area contributed by atoms with Crippen molar-refractivity contribution in [3.63, 3.8) is 0 Å². The van der Waals surface area contributed by atoms with E-state index in [4.69, 9.17) is 10.5 Å². The average Bonchev–Trinajstić information content (AvgIpc) is 3.07. The Morgan fingerprint density at radius 1 is 1.52 bits per heavy atom.